The van der Waals surface area contributed by atoms with Gasteiger partial charge in [0.25, 0.3) is 0 Å². The topological polar surface area (TPSA) is 105 Å². The van der Waals surface area contributed by atoms with Crippen molar-refractivity contribution in [3.63, 3.8) is 0 Å². The molecule has 4 rings (SSSR count). The Balaban J connectivity index is 1.75. The average molecular weight is 612 g/mol. The fraction of sp³-hybridized carbons (Fsp3) is 0.375. The van der Waals surface area contributed by atoms with E-state index in [4.69, 9.17) is 9.47 Å². The first kappa shape index (κ1) is 31.8. The molecule has 1 N–H and O–H groups in total. The van der Waals surface area contributed by atoms with E-state index in [1.807, 2.05) is 44.2 Å². The Hall–Kier alpha value is -4.12. The average Bonchev–Trinajstić information content (AvgIpc) is 3.02. The highest BCUT2D eigenvalue weighted by Gasteiger charge is 2.34. The van der Waals surface area contributed by atoms with Gasteiger partial charge in [-0.05, 0) is 55.7 Å². The molecular weight excluding hydrogens is 573 g/mol. The Morgan fingerprint density at radius 2 is 1.60 bits per heavy atom. The molecule has 1 heterocycles. The molecule has 2 amide bonds. The summed E-state index contributed by atoms with van der Waals surface area (Å²) in [4.78, 5) is 29.4. The zero-order valence-electron chi connectivity index (χ0n) is 24.7. The standard InChI is InChI=1S/C32H38FN3O6S/c1-4-23(3)34-32(38)28(19-24-9-7-6-8-10-24)35(21-25-11-13-26(33)14-12-25)31(37)22-36(43(39,40)5-2)27-15-16-29-30(20-27)42-18-17-41-29/h6-16,20,23,28H,4-5,17-19,21-22H2,1-3H3,(H,34,38)/t23-,28-/m1/s1. The monoisotopic (exact) mass is 611 g/mol. The highest BCUT2D eigenvalue weighted by atomic mass is 32.2. The maximum Gasteiger partial charge on any atom is 0.244 e. The van der Waals surface area contributed by atoms with Gasteiger partial charge in [-0.1, -0.05) is 49.4 Å². The molecule has 0 saturated heterocycles. The molecule has 1 aliphatic rings. The van der Waals surface area contributed by atoms with Crippen LogP contribution in [0.4, 0.5) is 10.1 Å². The Labute approximate surface area is 252 Å². The van der Waals surface area contributed by atoms with Crippen molar-refractivity contribution in [2.45, 2.75) is 52.2 Å². The van der Waals surface area contributed by atoms with Gasteiger partial charge in [-0.15, -0.1) is 0 Å². The largest absolute Gasteiger partial charge is 0.486 e. The van der Waals surface area contributed by atoms with Crippen molar-refractivity contribution >= 4 is 27.5 Å². The van der Waals surface area contributed by atoms with Crippen LogP contribution in [-0.4, -0.2) is 62.7 Å². The maximum atomic E-state index is 14.3. The number of nitrogens with one attached hydrogen (secondary N) is 1. The van der Waals surface area contributed by atoms with Gasteiger partial charge < -0.3 is 19.7 Å². The van der Waals surface area contributed by atoms with Gasteiger partial charge >= 0.3 is 0 Å². The van der Waals surface area contributed by atoms with E-state index in [1.54, 1.807) is 24.3 Å². The van der Waals surface area contributed by atoms with Crippen molar-refractivity contribution in [3.8, 4) is 11.5 Å². The highest BCUT2D eigenvalue weighted by Crippen LogP contribution is 2.35. The first-order valence-electron chi connectivity index (χ1n) is 14.4. The summed E-state index contributed by atoms with van der Waals surface area (Å²) in [5.74, 6) is -0.775. The molecule has 3 aromatic carbocycles. The predicted octanol–water partition coefficient (Wildman–Crippen LogP) is 4.31. The zero-order chi connectivity index (χ0) is 31.0. The summed E-state index contributed by atoms with van der Waals surface area (Å²) in [6.45, 7) is 5.42. The van der Waals surface area contributed by atoms with E-state index in [2.05, 4.69) is 5.32 Å². The number of amides is 2. The minimum Gasteiger partial charge on any atom is -0.486 e. The normalized spacial score (nSPS) is 14.0. The molecule has 0 aromatic heterocycles. The molecular formula is C32H38FN3O6S. The fourth-order valence-electron chi connectivity index (χ4n) is 4.69. The van der Waals surface area contributed by atoms with E-state index in [-0.39, 0.29) is 36.4 Å². The second-order valence-corrected chi connectivity index (χ2v) is 12.6. The predicted molar refractivity (Wildman–Crippen MR) is 163 cm³/mol. The van der Waals surface area contributed by atoms with Gasteiger partial charge in [0.1, 0.15) is 31.6 Å². The van der Waals surface area contributed by atoms with Crippen LogP contribution in [0.15, 0.2) is 72.8 Å². The Kier molecular flexibility index (Phi) is 10.6. The fourth-order valence-corrected chi connectivity index (χ4v) is 5.74. The number of carbonyl (C=O) groups is 2. The van der Waals surface area contributed by atoms with Crippen LogP contribution >= 0.6 is 0 Å². The summed E-state index contributed by atoms with van der Waals surface area (Å²) in [5, 5.41) is 2.99. The van der Waals surface area contributed by atoms with Gasteiger partial charge in [0.2, 0.25) is 21.8 Å². The van der Waals surface area contributed by atoms with Crippen molar-refractivity contribution in [2.75, 3.05) is 29.8 Å². The molecule has 3 aromatic rings. The summed E-state index contributed by atoms with van der Waals surface area (Å²) < 4.78 is 52.8. The molecule has 230 valence electrons. The van der Waals surface area contributed by atoms with E-state index in [0.717, 1.165) is 9.87 Å². The van der Waals surface area contributed by atoms with Crippen LogP contribution in [0.3, 0.4) is 0 Å². The zero-order valence-corrected chi connectivity index (χ0v) is 25.5. The lowest BCUT2D eigenvalue weighted by Gasteiger charge is -2.34. The van der Waals surface area contributed by atoms with Crippen LogP contribution in [0.5, 0.6) is 11.5 Å². The molecule has 0 spiro atoms. The van der Waals surface area contributed by atoms with Gasteiger partial charge in [-0.3, -0.25) is 13.9 Å². The smallest absolute Gasteiger partial charge is 0.244 e. The lowest BCUT2D eigenvalue weighted by Crippen LogP contribution is -2.54. The number of anilines is 1. The first-order valence-corrected chi connectivity index (χ1v) is 16.0. The quantitative estimate of drug-likeness (QED) is 0.309. The molecule has 2 atom stereocenters. The molecule has 1 aliphatic heterocycles. The maximum absolute atomic E-state index is 14.3. The summed E-state index contributed by atoms with van der Waals surface area (Å²) in [7, 11) is -3.94. The van der Waals surface area contributed by atoms with Crippen LogP contribution in [0.1, 0.15) is 38.3 Å². The number of fused-ring (bicyclic) bond motifs is 1. The van der Waals surface area contributed by atoms with Crippen LogP contribution in [0.2, 0.25) is 0 Å². The van der Waals surface area contributed by atoms with Crippen LogP contribution in [-0.2, 0) is 32.6 Å². The van der Waals surface area contributed by atoms with Gasteiger partial charge in [-0.2, -0.15) is 0 Å². The van der Waals surface area contributed by atoms with E-state index < -0.39 is 34.3 Å². The van der Waals surface area contributed by atoms with Gasteiger partial charge in [0.05, 0.1) is 11.4 Å². The van der Waals surface area contributed by atoms with Crippen molar-refractivity contribution < 1.29 is 31.9 Å². The molecule has 0 bridgehead atoms. The molecule has 43 heavy (non-hydrogen) atoms. The summed E-state index contributed by atoms with van der Waals surface area (Å²) >= 11 is 0. The molecule has 11 heteroatoms. The minimum absolute atomic E-state index is 0.0360. The van der Waals surface area contributed by atoms with E-state index in [0.29, 0.717) is 36.7 Å². The van der Waals surface area contributed by atoms with Crippen molar-refractivity contribution in [2.24, 2.45) is 0 Å². The van der Waals surface area contributed by atoms with Gasteiger partial charge in [0, 0.05) is 25.1 Å². The molecule has 0 unspecified atom stereocenters. The third-order valence-corrected chi connectivity index (χ3v) is 9.07. The third-order valence-electron chi connectivity index (χ3n) is 7.33. The third kappa shape index (κ3) is 8.25. The second kappa shape index (κ2) is 14.4. The number of carbonyl (C=O) groups excluding carboxylic acids is 2. The van der Waals surface area contributed by atoms with Gasteiger partial charge in [0.15, 0.2) is 11.5 Å². The van der Waals surface area contributed by atoms with Crippen molar-refractivity contribution in [3.05, 3.63) is 89.7 Å². The highest BCUT2D eigenvalue weighted by molar-refractivity contribution is 7.92. The molecule has 9 nitrogen and oxygen atoms in total. The van der Waals surface area contributed by atoms with Crippen LogP contribution < -0.4 is 19.1 Å². The lowest BCUT2D eigenvalue weighted by molar-refractivity contribution is -0.140. The SMILES string of the molecule is CC[C@@H](C)NC(=O)[C@@H](Cc1ccccc1)N(Cc1ccc(F)cc1)C(=O)CN(c1ccc2c(c1)OCCO2)S(=O)(=O)CC. The molecule has 0 saturated carbocycles. The number of ether oxygens (including phenoxy) is 2. The Morgan fingerprint density at radius 1 is 0.930 bits per heavy atom. The van der Waals surface area contributed by atoms with E-state index >= 15 is 0 Å². The first-order chi connectivity index (χ1) is 20.6. The molecule has 0 aliphatic carbocycles. The number of sulfonamides is 1. The van der Waals surface area contributed by atoms with Gasteiger partial charge in [-0.25, -0.2) is 12.8 Å². The number of nitrogens with zero attached hydrogens (tertiary/aromatic N) is 2. The Morgan fingerprint density at radius 3 is 2.26 bits per heavy atom. The number of rotatable bonds is 13. The van der Waals surface area contributed by atoms with Crippen molar-refractivity contribution in [1.29, 1.82) is 0 Å². The number of benzene rings is 3. The summed E-state index contributed by atoms with van der Waals surface area (Å²) in [5.41, 5.74) is 1.66. The van der Waals surface area contributed by atoms with Crippen molar-refractivity contribution in [1.82, 2.24) is 10.2 Å². The lowest BCUT2D eigenvalue weighted by atomic mass is 10.0. The van der Waals surface area contributed by atoms with E-state index in [1.165, 1.54) is 30.0 Å². The molecule has 0 radical (unpaired) electrons. The summed E-state index contributed by atoms with van der Waals surface area (Å²) in [6.07, 6.45) is 0.878. The molecule has 0 fully saturated rings. The minimum atomic E-state index is -3.94. The second-order valence-electron chi connectivity index (χ2n) is 10.4. The van der Waals surface area contributed by atoms with Crippen LogP contribution in [0.25, 0.3) is 0 Å². The van der Waals surface area contributed by atoms with E-state index in [9.17, 15) is 22.4 Å². The number of halogens is 1. The van der Waals surface area contributed by atoms with Crippen LogP contribution in [0, 0.1) is 5.82 Å². The number of hydrogen-bond donors (Lipinski definition) is 1. The summed E-state index contributed by atoms with van der Waals surface area (Å²) in [6, 6.07) is 18.5. The Bertz CT molecular complexity index is 1500. The number of hydrogen-bond acceptors (Lipinski definition) is 6.